The van der Waals surface area contributed by atoms with E-state index in [1.54, 1.807) is 12.2 Å². The van der Waals surface area contributed by atoms with Crippen molar-refractivity contribution in [2.24, 2.45) is 0 Å². The quantitative estimate of drug-likeness (QED) is 0.391. The van der Waals surface area contributed by atoms with Crippen molar-refractivity contribution >= 4 is 0 Å². The van der Waals surface area contributed by atoms with Gasteiger partial charge in [0.05, 0.1) is 6.61 Å². The SMILES string of the molecule is C#CCO[C@@H]1C=C[C@H](OCOC)[C@@H](CO)O1. The Kier molecular flexibility index (Phi) is 6.08. The van der Waals surface area contributed by atoms with Crippen LogP contribution in [0.4, 0.5) is 0 Å². The first kappa shape index (κ1) is 13.2. The standard InChI is InChI=1S/C11H16O5/c1-3-6-14-11-5-4-9(15-8-13-2)10(7-12)16-11/h1,4-5,9-12H,6-8H2,2H3/t9-,10+,11-/m0/s1. The molecule has 1 N–H and O–H groups in total. The lowest BCUT2D eigenvalue weighted by atomic mass is 10.1. The van der Waals surface area contributed by atoms with Gasteiger partial charge in [0.2, 0.25) is 0 Å². The number of aliphatic hydroxyl groups is 1. The zero-order valence-corrected chi connectivity index (χ0v) is 9.17. The average Bonchev–Trinajstić information content (AvgIpc) is 2.34. The lowest BCUT2D eigenvalue weighted by Gasteiger charge is -2.30. The molecule has 0 radical (unpaired) electrons. The Hall–Kier alpha value is -0.900. The lowest BCUT2D eigenvalue weighted by Crippen LogP contribution is -2.40. The molecule has 0 saturated carbocycles. The van der Waals surface area contributed by atoms with E-state index in [-0.39, 0.29) is 26.1 Å². The smallest absolute Gasteiger partial charge is 0.178 e. The third-order valence-corrected chi connectivity index (χ3v) is 2.02. The Balaban J connectivity index is 2.46. The summed E-state index contributed by atoms with van der Waals surface area (Å²) in [6.07, 6.45) is 7.19. The van der Waals surface area contributed by atoms with E-state index < -0.39 is 12.4 Å². The van der Waals surface area contributed by atoms with Crippen LogP contribution in [0.25, 0.3) is 0 Å². The summed E-state index contributed by atoms with van der Waals surface area (Å²) < 4.78 is 20.7. The van der Waals surface area contributed by atoms with E-state index in [2.05, 4.69) is 5.92 Å². The van der Waals surface area contributed by atoms with Crippen LogP contribution in [-0.4, -0.2) is 50.7 Å². The van der Waals surface area contributed by atoms with Crippen molar-refractivity contribution in [1.82, 2.24) is 0 Å². The fourth-order valence-electron chi connectivity index (χ4n) is 1.30. The molecule has 0 aliphatic carbocycles. The van der Waals surface area contributed by atoms with Gasteiger partial charge in [-0.1, -0.05) is 12.0 Å². The molecular weight excluding hydrogens is 212 g/mol. The van der Waals surface area contributed by atoms with E-state index >= 15 is 0 Å². The first-order valence-corrected chi connectivity index (χ1v) is 4.92. The largest absolute Gasteiger partial charge is 0.394 e. The summed E-state index contributed by atoms with van der Waals surface area (Å²) in [6.45, 7) is 0.149. The van der Waals surface area contributed by atoms with Crippen molar-refractivity contribution in [3.8, 4) is 12.3 Å². The van der Waals surface area contributed by atoms with Crippen molar-refractivity contribution in [3.05, 3.63) is 12.2 Å². The molecule has 1 aliphatic rings. The van der Waals surface area contributed by atoms with E-state index in [0.29, 0.717) is 0 Å². The summed E-state index contributed by atoms with van der Waals surface area (Å²) >= 11 is 0. The Bertz CT molecular complexity index is 258. The normalized spacial score (nSPS) is 28.9. The van der Waals surface area contributed by atoms with Gasteiger partial charge in [-0.25, -0.2) is 0 Å². The van der Waals surface area contributed by atoms with Gasteiger partial charge in [0.25, 0.3) is 0 Å². The highest BCUT2D eigenvalue weighted by molar-refractivity contribution is 5.01. The van der Waals surface area contributed by atoms with Gasteiger partial charge >= 0.3 is 0 Å². The Morgan fingerprint density at radius 2 is 2.25 bits per heavy atom. The molecule has 1 heterocycles. The maximum Gasteiger partial charge on any atom is 0.178 e. The minimum atomic E-state index is -0.532. The number of aliphatic hydroxyl groups excluding tert-OH is 1. The number of terminal acetylenes is 1. The lowest BCUT2D eigenvalue weighted by molar-refractivity contribution is -0.195. The van der Waals surface area contributed by atoms with Crippen LogP contribution in [0.15, 0.2) is 12.2 Å². The second-order valence-electron chi connectivity index (χ2n) is 3.16. The van der Waals surface area contributed by atoms with Crippen LogP contribution in [0, 0.1) is 12.3 Å². The van der Waals surface area contributed by atoms with Crippen molar-refractivity contribution in [1.29, 1.82) is 0 Å². The van der Waals surface area contributed by atoms with Gasteiger partial charge in [-0.3, -0.25) is 0 Å². The molecule has 0 aromatic carbocycles. The third kappa shape index (κ3) is 3.93. The van der Waals surface area contributed by atoms with Gasteiger partial charge in [-0.2, -0.15) is 0 Å². The molecule has 1 rings (SSSR count). The second-order valence-corrected chi connectivity index (χ2v) is 3.16. The van der Waals surface area contributed by atoms with E-state index in [9.17, 15) is 0 Å². The summed E-state index contributed by atoms with van der Waals surface area (Å²) in [5, 5.41) is 9.13. The van der Waals surface area contributed by atoms with Crippen molar-refractivity contribution in [2.75, 3.05) is 27.1 Å². The van der Waals surface area contributed by atoms with Gasteiger partial charge < -0.3 is 24.1 Å². The monoisotopic (exact) mass is 228 g/mol. The van der Waals surface area contributed by atoms with Gasteiger partial charge in [0, 0.05) is 7.11 Å². The summed E-state index contributed by atoms with van der Waals surface area (Å²) in [5.41, 5.74) is 0. The summed E-state index contributed by atoms with van der Waals surface area (Å²) in [5.74, 6) is 2.34. The Labute approximate surface area is 94.9 Å². The average molecular weight is 228 g/mol. The van der Waals surface area contributed by atoms with E-state index in [1.165, 1.54) is 7.11 Å². The van der Waals surface area contributed by atoms with Crippen LogP contribution in [0.5, 0.6) is 0 Å². The van der Waals surface area contributed by atoms with Gasteiger partial charge in [0.15, 0.2) is 6.29 Å². The zero-order valence-electron chi connectivity index (χ0n) is 9.17. The Morgan fingerprint density at radius 3 is 2.88 bits per heavy atom. The maximum atomic E-state index is 9.13. The van der Waals surface area contributed by atoms with E-state index in [1.807, 2.05) is 0 Å². The molecule has 0 bridgehead atoms. The van der Waals surface area contributed by atoms with E-state index in [0.717, 1.165) is 0 Å². The number of rotatable bonds is 6. The number of ether oxygens (including phenoxy) is 4. The molecule has 0 saturated heterocycles. The van der Waals surface area contributed by atoms with Crippen LogP contribution in [0.2, 0.25) is 0 Å². The minimum absolute atomic E-state index is 0.144. The summed E-state index contributed by atoms with van der Waals surface area (Å²) in [6, 6.07) is 0. The zero-order chi connectivity index (χ0) is 11.8. The minimum Gasteiger partial charge on any atom is -0.394 e. The van der Waals surface area contributed by atoms with Crippen LogP contribution in [0.3, 0.4) is 0 Å². The molecule has 0 fully saturated rings. The first-order chi connectivity index (χ1) is 7.81. The topological polar surface area (TPSA) is 57.2 Å². The first-order valence-electron chi connectivity index (χ1n) is 4.92. The van der Waals surface area contributed by atoms with Crippen molar-refractivity contribution in [3.63, 3.8) is 0 Å². The fourth-order valence-corrected chi connectivity index (χ4v) is 1.30. The molecule has 0 unspecified atom stereocenters. The van der Waals surface area contributed by atoms with Gasteiger partial charge in [-0.05, 0) is 6.08 Å². The van der Waals surface area contributed by atoms with Crippen molar-refractivity contribution in [2.45, 2.75) is 18.5 Å². The van der Waals surface area contributed by atoms with Crippen LogP contribution in [0.1, 0.15) is 0 Å². The molecule has 0 amide bonds. The van der Waals surface area contributed by atoms with Gasteiger partial charge in [-0.15, -0.1) is 6.42 Å². The molecule has 1 aliphatic heterocycles. The number of hydrogen-bond donors (Lipinski definition) is 1. The number of hydrogen-bond acceptors (Lipinski definition) is 5. The van der Waals surface area contributed by atoms with Crippen LogP contribution in [-0.2, 0) is 18.9 Å². The molecule has 90 valence electrons. The maximum absolute atomic E-state index is 9.13. The molecule has 5 heteroatoms. The molecule has 5 nitrogen and oxygen atoms in total. The molecule has 0 aromatic rings. The third-order valence-electron chi connectivity index (χ3n) is 2.02. The van der Waals surface area contributed by atoms with Crippen LogP contribution >= 0.6 is 0 Å². The van der Waals surface area contributed by atoms with Gasteiger partial charge in [0.1, 0.15) is 25.6 Å². The van der Waals surface area contributed by atoms with Crippen molar-refractivity contribution < 1.29 is 24.1 Å². The predicted octanol–water partition coefficient (Wildman–Crippen LogP) is -0.101. The molecular formula is C11H16O5. The summed E-state index contributed by atoms with van der Waals surface area (Å²) in [4.78, 5) is 0. The molecule has 3 atom stereocenters. The molecule has 16 heavy (non-hydrogen) atoms. The molecule has 0 spiro atoms. The summed E-state index contributed by atoms with van der Waals surface area (Å²) in [7, 11) is 1.53. The highest BCUT2D eigenvalue weighted by Crippen LogP contribution is 2.16. The second kappa shape index (κ2) is 7.39. The highest BCUT2D eigenvalue weighted by Gasteiger charge is 2.27. The molecule has 0 aromatic heterocycles. The predicted molar refractivity (Wildman–Crippen MR) is 56.4 cm³/mol. The van der Waals surface area contributed by atoms with E-state index in [4.69, 9.17) is 30.5 Å². The number of methoxy groups -OCH3 is 1. The Morgan fingerprint density at radius 1 is 1.44 bits per heavy atom. The fraction of sp³-hybridized carbons (Fsp3) is 0.636. The van der Waals surface area contributed by atoms with Crippen LogP contribution < -0.4 is 0 Å². The highest BCUT2D eigenvalue weighted by atomic mass is 16.7.